The van der Waals surface area contributed by atoms with E-state index in [2.05, 4.69) is 22.1 Å². The number of aromatic amines is 1. The molecule has 0 saturated carbocycles. The van der Waals surface area contributed by atoms with Gasteiger partial charge in [-0.25, -0.2) is 0 Å². The van der Waals surface area contributed by atoms with Gasteiger partial charge in [0.1, 0.15) is 11.1 Å². The first-order valence-corrected chi connectivity index (χ1v) is 10.2. The lowest BCUT2D eigenvalue weighted by molar-refractivity contribution is -0.137. The third-order valence-electron chi connectivity index (χ3n) is 6.08. The summed E-state index contributed by atoms with van der Waals surface area (Å²) in [5, 5.41) is 6.36. The van der Waals surface area contributed by atoms with Crippen LogP contribution in [0.25, 0.3) is 22.3 Å². The highest BCUT2D eigenvalue weighted by Crippen LogP contribution is 2.40. The molecule has 11 heteroatoms. The van der Waals surface area contributed by atoms with Gasteiger partial charge in [-0.3, -0.25) is 14.5 Å². The van der Waals surface area contributed by atoms with Crippen molar-refractivity contribution < 1.29 is 13.2 Å². The third kappa shape index (κ3) is 3.67. The summed E-state index contributed by atoms with van der Waals surface area (Å²) in [5.41, 5.74) is 4.80. The Kier molecular flexibility index (Phi) is 5.25. The normalized spacial score (nSPS) is 16.8. The van der Waals surface area contributed by atoms with E-state index in [1.54, 1.807) is 7.05 Å². The minimum Gasteiger partial charge on any atom is -0.342 e. The van der Waals surface area contributed by atoms with E-state index >= 15 is 0 Å². The minimum atomic E-state index is -4.62. The number of nitrogens with one attached hydrogen (secondary N) is 1. The number of nitrogens with two attached hydrogens (primary N) is 1. The van der Waals surface area contributed by atoms with Crippen molar-refractivity contribution >= 4 is 28.6 Å². The van der Waals surface area contributed by atoms with Gasteiger partial charge in [0.15, 0.2) is 5.65 Å². The van der Waals surface area contributed by atoms with Crippen LogP contribution in [0, 0.1) is 5.41 Å². The number of piperidine rings is 1. The second kappa shape index (κ2) is 7.52. The van der Waals surface area contributed by atoms with Crippen molar-refractivity contribution in [1.82, 2.24) is 19.7 Å². The average Bonchev–Trinajstić information content (AvgIpc) is 3.14. The second-order valence-corrected chi connectivity index (χ2v) is 8.62. The van der Waals surface area contributed by atoms with Crippen molar-refractivity contribution in [3.8, 4) is 11.3 Å². The van der Waals surface area contributed by atoms with Crippen molar-refractivity contribution in [2.75, 3.05) is 24.5 Å². The van der Waals surface area contributed by atoms with Crippen LogP contribution in [0.15, 0.2) is 23.0 Å². The number of alkyl halides is 3. The van der Waals surface area contributed by atoms with Crippen LogP contribution in [0.2, 0.25) is 5.02 Å². The minimum absolute atomic E-state index is 0.0195. The number of halogens is 4. The van der Waals surface area contributed by atoms with Crippen molar-refractivity contribution in [1.29, 1.82) is 0 Å². The van der Waals surface area contributed by atoms with E-state index in [9.17, 15) is 18.0 Å². The molecule has 1 aliphatic heterocycles. The van der Waals surface area contributed by atoms with Gasteiger partial charge in [-0.15, -0.1) is 0 Å². The number of benzene rings is 1. The number of hydrogen-bond donors (Lipinski definition) is 2. The van der Waals surface area contributed by atoms with Crippen LogP contribution in [-0.2, 0) is 13.2 Å². The second-order valence-electron chi connectivity index (χ2n) is 8.24. The standard InChI is InChI=1S/C20H22ClF3N6O/c1-19(10-25)6-8-30(9-7-19)18-26-16-13(17(31)29(18)2)15(27-28-16)11-4-3-5-12(14(11)21)20(22,23)24/h3-5H,6-10,25H2,1-2H3,(H,27,28). The van der Waals surface area contributed by atoms with Crippen LogP contribution >= 0.6 is 11.6 Å². The summed E-state index contributed by atoms with van der Waals surface area (Å²) in [6.45, 7) is 4.12. The van der Waals surface area contributed by atoms with Crippen molar-refractivity contribution in [2.24, 2.45) is 18.2 Å². The van der Waals surface area contributed by atoms with E-state index < -0.39 is 22.3 Å². The van der Waals surface area contributed by atoms with Crippen molar-refractivity contribution in [2.45, 2.75) is 25.9 Å². The van der Waals surface area contributed by atoms with Crippen LogP contribution in [0.5, 0.6) is 0 Å². The van der Waals surface area contributed by atoms with Crippen molar-refractivity contribution in [3.63, 3.8) is 0 Å². The molecule has 0 radical (unpaired) electrons. The fourth-order valence-electron chi connectivity index (χ4n) is 3.91. The number of fused-ring (bicyclic) bond motifs is 1. The Balaban J connectivity index is 1.80. The van der Waals surface area contributed by atoms with Crippen LogP contribution in [-0.4, -0.2) is 39.4 Å². The highest BCUT2D eigenvalue weighted by atomic mass is 35.5. The maximum atomic E-state index is 13.3. The van der Waals surface area contributed by atoms with Crippen LogP contribution < -0.4 is 16.2 Å². The SMILES string of the molecule is Cn1c(N2CCC(C)(CN)CC2)nc2[nH]nc(-c3cccc(C(F)(F)F)c3Cl)c2c1=O. The summed E-state index contributed by atoms with van der Waals surface area (Å²) in [5.74, 6) is 0.474. The Morgan fingerprint density at radius 1 is 1.29 bits per heavy atom. The van der Waals surface area contributed by atoms with E-state index in [1.807, 2.05) is 4.90 Å². The molecule has 1 saturated heterocycles. The molecule has 166 valence electrons. The van der Waals surface area contributed by atoms with Crippen LogP contribution in [0.4, 0.5) is 19.1 Å². The monoisotopic (exact) mass is 454 g/mol. The van der Waals surface area contributed by atoms with Gasteiger partial charge in [0.2, 0.25) is 5.95 Å². The molecule has 3 N–H and O–H groups in total. The van der Waals surface area contributed by atoms with Gasteiger partial charge in [0.05, 0.1) is 10.6 Å². The number of nitrogens with zero attached hydrogens (tertiary/aromatic N) is 4. The van der Waals surface area contributed by atoms with Gasteiger partial charge in [-0.1, -0.05) is 30.7 Å². The van der Waals surface area contributed by atoms with Gasteiger partial charge in [0.25, 0.3) is 5.56 Å². The Bertz CT molecular complexity index is 1190. The van der Waals surface area contributed by atoms with E-state index in [-0.39, 0.29) is 27.7 Å². The molecule has 1 aliphatic rings. The van der Waals surface area contributed by atoms with Gasteiger partial charge < -0.3 is 10.6 Å². The lowest BCUT2D eigenvalue weighted by Crippen LogP contribution is -2.44. The molecule has 0 spiro atoms. The molecule has 4 rings (SSSR count). The average molecular weight is 455 g/mol. The predicted molar refractivity (Wildman–Crippen MR) is 113 cm³/mol. The number of rotatable bonds is 3. The maximum Gasteiger partial charge on any atom is 0.417 e. The van der Waals surface area contributed by atoms with E-state index in [0.717, 1.165) is 18.9 Å². The molecule has 0 unspecified atom stereocenters. The van der Waals surface area contributed by atoms with Crippen molar-refractivity contribution in [3.05, 3.63) is 39.1 Å². The summed E-state index contributed by atoms with van der Waals surface area (Å²) in [6, 6.07) is 3.53. The Morgan fingerprint density at radius 2 is 1.97 bits per heavy atom. The number of aromatic nitrogens is 4. The number of H-pyrrole nitrogens is 1. The maximum absolute atomic E-state index is 13.3. The topological polar surface area (TPSA) is 92.8 Å². The summed E-state index contributed by atoms with van der Waals surface area (Å²) < 4.78 is 41.2. The molecule has 0 bridgehead atoms. The Labute approximate surface area is 181 Å². The molecular weight excluding hydrogens is 433 g/mol. The molecule has 3 heterocycles. The molecule has 2 aromatic heterocycles. The zero-order valence-electron chi connectivity index (χ0n) is 17.1. The largest absolute Gasteiger partial charge is 0.417 e. The van der Waals surface area contributed by atoms with E-state index in [1.165, 1.54) is 16.7 Å². The predicted octanol–water partition coefficient (Wildman–Crippen LogP) is 3.56. The number of anilines is 1. The highest BCUT2D eigenvalue weighted by molar-refractivity contribution is 6.34. The summed E-state index contributed by atoms with van der Waals surface area (Å²) in [7, 11) is 1.59. The van der Waals surface area contributed by atoms with Gasteiger partial charge in [-0.2, -0.15) is 23.3 Å². The lowest BCUT2D eigenvalue weighted by atomic mass is 9.81. The van der Waals surface area contributed by atoms with Crippen LogP contribution in [0.3, 0.4) is 0 Å². The molecule has 0 amide bonds. The summed E-state index contributed by atoms with van der Waals surface area (Å²) in [6.07, 6.45) is -2.89. The first kappa shape index (κ1) is 21.6. The zero-order chi connectivity index (χ0) is 22.6. The fraction of sp³-hybridized carbons (Fsp3) is 0.450. The quantitative estimate of drug-likeness (QED) is 0.631. The first-order valence-electron chi connectivity index (χ1n) is 9.82. The van der Waals surface area contributed by atoms with Gasteiger partial charge in [0, 0.05) is 25.7 Å². The smallest absolute Gasteiger partial charge is 0.342 e. The highest BCUT2D eigenvalue weighted by Gasteiger charge is 2.35. The molecule has 7 nitrogen and oxygen atoms in total. The van der Waals surface area contributed by atoms with Crippen LogP contribution in [0.1, 0.15) is 25.3 Å². The Hall–Kier alpha value is -2.59. The molecule has 31 heavy (non-hydrogen) atoms. The molecular formula is C20H22ClF3N6O. The molecule has 0 aliphatic carbocycles. The molecule has 1 aromatic carbocycles. The first-order chi connectivity index (χ1) is 14.6. The summed E-state index contributed by atoms with van der Waals surface area (Å²) >= 11 is 6.05. The van der Waals surface area contributed by atoms with Gasteiger partial charge in [-0.05, 0) is 30.9 Å². The molecule has 3 aromatic rings. The third-order valence-corrected chi connectivity index (χ3v) is 6.49. The zero-order valence-corrected chi connectivity index (χ0v) is 17.8. The lowest BCUT2D eigenvalue weighted by Gasteiger charge is -2.39. The van der Waals surface area contributed by atoms with E-state index in [0.29, 0.717) is 25.6 Å². The molecule has 1 fully saturated rings. The number of hydrogen-bond acceptors (Lipinski definition) is 5. The fourth-order valence-corrected chi connectivity index (χ4v) is 4.23. The Morgan fingerprint density at radius 3 is 2.58 bits per heavy atom. The van der Waals surface area contributed by atoms with E-state index in [4.69, 9.17) is 17.3 Å². The molecule has 0 atom stereocenters. The summed E-state index contributed by atoms with van der Waals surface area (Å²) in [4.78, 5) is 19.7. The van der Waals surface area contributed by atoms with Gasteiger partial charge >= 0.3 is 6.18 Å².